The molecule has 0 aromatic heterocycles. The van der Waals surface area contributed by atoms with E-state index in [9.17, 15) is 4.79 Å². The molecule has 0 bridgehead atoms. The maximum Gasteiger partial charge on any atom is 0.271 e. The lowest BCUT2D eigenvalue weighted by Gasteiger charge is -2.03. The Bertz CT molecular complexity index is 634. The van der Waals surface area contributed by atoms with E-state index < -0.39 is 0 Å². The SMILES string of the molecule is C/C(=N/NC(=O)c1ccc(Cl)cc1)c1ccc(Cl)cc1. The molecule has 0 saturated carbocycles. The molecular formula is C15H12Cl2N2O. The molecule has 2 rings (SSSR count). The van der Waals surface area contributed by atoms with Crippen molar-refractivity contribution in [2.45, 2.75) is 6.92 Å². The number of carbonyl (C=O) groups is 1. The van der Waals surface area contributed by atoms with E-state index in [0.717, 1.165) is 5.56 Å². The highest BCUT2D eigenvalue weighted by molar-refractivity contribution is 6.31. The standard InChI is InChI=1S/C15H12Cl2N2O/c1-10(11-2-6-13(16)7-3-11)18-19-15(20)12-4-8-14(17)9-5-12/h2-9H,1H3,(H,19,20)/b18-10-. The van der Waals surface area contributed by atoms with Crippen LogP contribution in [0.15, 0.2) is 53.6 Å². The van der Waals surface area contributed by atoms with Crippen LogP contribution < -0.4 is 5.43 Å². The molecule has 1 N–H and O–H groups in total. The van der Waals surface area contributed by atoms with Crippen LogP contribution in [0.2, 0.25) is 10.0 Å². The third-order valence-electron chi connectivity index (χ3n) is 2.69. The number of hydrogen-bond donors (Lipinski definition) is 1. The van der Waals surface area contributed by atoms with Gasteiger partial charge >= 0.3 is 0 Å². The first-order valence-corrected chi connectivity index (χ1v) is 6.68. The van der Waals surface area contributed by atoms with Crippen LogP contribution in [-0.2, 0) is 0 Å². The van der Waals surface area contributed by atoms with Crippen molar-refractivity contribution in [3.8, 4) is 0 Å². The van der Waals surface area contributed by atoms with E-state index in [1.165, 1.54) is 0 Å². The summed E-state index contributed by atoms with van der Waals surface area (Å²) in [7, 11) is 0. The Balaban J connectivity index is 2.06. The molecule has 0 spiro atoms. The summed E-state index contributed by atoms with van der Waals surface area (Å²) in [5.74, 6) is -0.282. The van der Waals surface area contributed by atoms with Crippen molar-refractivity contribution >= 4 is 34.8 Å². The monoisotopic (exact) mass is 306 g/mol. The Morgan fingerprint density at radius 2 is 1.35 bits per heavy atom. The van der Waals surface area contributed by atoms with Crippen molar-refractivity contribution in [2.75, 3.05) is 0 Å². The average molecular weight is 307 g/mol. The quantitative estimate of drug-likeness (QED) is 0.672. The number of amides is 1. The van der Waals surface area contributed by atoms with Crippen molar-refractivity contribution in [1.82, 2.24) is 5.43 Å². The van der Waals surface area contributed by atoms with Gasteiger partial charge in [-0.1, -0.05) is 35.3 Å². The number of benzene rings is 2. The minimum Gasteiger partial charge on any atom is -0.267 e. The molecule has 102 valence electrons. The van der Waals surface area contributed by atoms with Crippen molar-refractivity contribution in [2.24, 2.45) is 5.10 Å². The van der Waals surface area contributed by atoms with Gasteiger partial charge in [0.25, 0.3) is 5.91 Å². The molecule has 0 fully saturated rings. The molecule has 20 heavy (non-hydrogen) atoms. The highest BCUT2D eigenvalue weighted by Gasteiger charge is 2.04. The van der Waals surface area contributed by atoms with Gasteiger partial charge in [0.1, 0.15) is 0 Å². The fourth-order valence-electron chi connectivity index (χ4n) is 1.56. The molecule has 3 nitrogen and oxygen atoms in total. The minimum absolute atomic E-state index is 0.282. The van der Waals surface area contributed by atoms with Crippen LogP contribution in [0.25, 0.3) is 0 Å². The Labute approximate surface area is 127 Å². The second kappa shape index (κ2) is 6.55. The maximum atomic E-state index is 11.9. The van der Waals surface area contributed by atoms with Crippen molar-refractivity contribution in [3.05, 3.63) is 69.7 Å². The Hall–Kier alpha value is -1.84. The summed E-state index contributed by atoms with van der Waals surface area (Å²) in [6.45, 7) is 1.81. The predicted octanol–water partition coefficient (Wildman–Crippen LogP) is 4.15. The largest absolute Gasteiger partial charge is 0.271 e. The zero-order valence-electron chi connectivity index (χ0n) is 10.7. The van der Waals surface area contributed by atoms with Crippen LogP contribution in [0, 0.1) is 0 Å². The molecule has 5 heteroatoms. The molecule has 1 amide bonds. The molecule has 2 aromatic carbocycles. The smallest absolute Gasteiger partial charge is 0.267 e. The number of rotatable bonds is 3. The Morgan fingerprint density at radius 1 is 0.900 bits per heavy atom. The third kappa shape index (κ3) is 3.83. The van der Waals surface area contributed by atoms with Crippen LogP contribution in [0.4, 0.5) is 0 Å². The van der Waals surface area contributed by atoms with Crippen LogP contribution in [-0.4, -0.2) is 11.6 Å². The van der Waals surface area contributed by atoms with Crippen LogP contribution >= 0.6 is 23.2 Å². The van der Waals surface area contributed by atoms with Gasteiger partial charge in [0.2, 0.25) is 0 Å². The predicted molar refractivity (Wildman–Crippen MR) is 82.6 cm³/mol. The summed E-state index contributed by atoms with van der Waals surface area (Å²) in [6.07, 6.45) is 0. The van der Waals surface area contributed by atoms with Gasteiger partial charge in [0, 0.05) is 15.6 Å². The fraction of sp³-hybridized carbons (Fsp3) is 0.0667. The lowest BCUT2D eigenvalue weighted by Crippen LogP contribution is -2.19. The molecule has 0 radical (unpaired) electrons. The van der Waals surface area contributed by atoms with Crippen molar-refractivity contribution in [1.29, 1.82) is 0 Å². The summed E-state index contributed by atoms with van der Waals surface area (Å²) in [5, 5.41) is 5.31. The summed E-state index contributed by atoms with van der Waals surface area (Å²) < 4.78 is 0. The molecule has 2 aromatic rings. The summed E-state index contributed by atoms with van der Waals surface area (Å²) >= 11 is 11.6. The molecule has 0 heterocycles. The number of carbonyl (C=O) groups excluding carboxylic acids is 1. The number of nitrogens with one attached hydrogen (secondary N) is 1. The molecule has 0 aliphatic heterocycles. The molecule has 0 aliphatic carbocycles. The second-order valence-corrected chi connectivity index (χ2v) is 5.02. The van der Waals surface area contributed by atoms with E-state index in [-0.39, 0.29) is 5.91 Å². The first kappa shape index (κ1) is 14.6. The topological polar surface area (TPSA) is 41.5 Å². The number of hydrogen-bond acceptors (Lipinski definition) is 2. The van der Waals surface area contributed by atoms with Gasteiger partial charge < -0.3 is 0 Å². The van der Waals surface area contributed by atoms with Gasteiger partial charge in [0.05, 0.1) is 5.71 Å². The zero-order chi connectivity index (χ0) is 14.5. The highest BCUT2D eigenvalue weighted by atomic mass is 35.5. The molecule has 0 aliphatic rings. The van der Waals surface area contributed by atoms with Gasteiger partial charge in [-0.2, -0.15) is 5.10 Å². The molecule has 0 saturated heterocycles. The average Bonchev–Trinajstić information content (AvgIpc) is 2.46. The number of hydrazone groups is 1. The zero-order valence-corrected chi connectivity index (χ0v) is 12.2. The fourth-order valence-corrected chi connectivity index (χ4v) is 1.81. The molecular weight excluding hydrogens is 295 g/mol. The normalized spacial score (nSPS) is 11.2. The van der Waals surface area contributed by atoms with Gasteiger partial charge in [-0.3, -0.25) is 4.79 Å². The highest BCUT2D eigenvalue weighted by Crippen LogP contribution is 2.11. The van der Waals surface area contributed by atoms with Crippen LogP contribution in [0.1, 0.15) is 22.8 Å². The van der Waals surface area contributed by atoms with E-state index in [1.54, 1.807) is 36.4 Å². The van der Waals surface area contributed by atoms with E-state index in [2.05, 4.69) is 10.5 Å². The molecule has 0 unspecified atom stereocenters. The second-order valence-electron chi connectivity index (χ2n) is 4.15. The first-order valence-electron chi connectivity index (χ1n) is 5.92. The van der Waals surface area contributed by atoms with Gasteiger partial charge in [-0.15, -0.1) is 0 Å². The summed E-state index contributed by atoms with van der Waals surface area (Å²) in [4.78, 5) is 11.9. The lowest BCUT2D eigenvalue weighted by atomic mass is 10.1. The Kier molecular flexibility index (Phi) is 4.77. The van der Waals surface area contributed by atoms with E-state index >= 15 is 0 Å². The summed E-state index contributed by atoms with van der Waals surface area (Å²) in [6, 6.07) is 13.8. The van der Waals surface area contributed by atoms with Gasteiger partial charge in [-0.25, -0.2) is 5.43 Å². The number of halogens is 2. The van der Waals surface area contributed by atoms with Crippen molar-refractivity contribution < 1.29 is 4.79 Å². The summed E-state index contributed by atoms with van der Waals surface area (Å²) in [5.41, 5.74) is 4.60. The van der Waals surface area contributed by atoms with E-state index in [0.29, 0.717) is 21.3 Å². The number of nitrogens with zero attached hydrogens (tertiary/aromatic N) is 1. The minimum atomic E-state index is -0.282. The van der Waals surface area contributed by atoms with E-state index in [4.69, 9.17) is 23.2 Å². The third-order valence-corrected chi connectivity index (χ3v) is 3.20. The van der Waals surface area contributed by atoms with Crippen molar-refractivity contribution in [3.63, 3.8) is 0 Å². The molecule has 0 atom stereocenters. The lowest BCUT2D eigenvalue weighted by molar-refractivity contribution is 0.0955. The van der Waals surface area contributed by atoms with Crippen LogP contribution in [0.3, 0.4) is 0 Å². The van der Waals surface area contributed by atoms with Gasteiger partial charge in [-0.05, 0) is 48.9 Å². The van der Waals surface area contributed by atoms with Gasteiger partial charge in [0.15, 0.2) is 0 Å². The Morgan fingerprint density at radius 3 is 1.85 bits per heavy atom. The first-order chi connectivity index (χ1) is 9.56. The van der Waals surface area contributed by atoms with Crippen LogP contribution in [0.5, 0.6) is 0 Å². The maximum absolute atomic E-state index is 11.9. The van der Waals surface area contributed by atoms with E-state index in [1.807, 2.05) is 19.1 Å².